The molecule has 2 nitrogen and oxygen atoms in total. The molecule has 1 aliphatic rings. The van der Waals surface area contributed by atoms with Crippen LogP contribution in [0, 0.1) is 0 Å². The van der Waals surface area contributed by atoms with Gasteiger partial charge in [0, 0.05) is 18.6 Å². The monoisotopic (exact) mass is 246 g/mol. The number of benzene rings is 1. The normalized spacial score (nSPS) is 22.2. The largest absolute Gasteiger partial charge is 0.306 e. The molecular weight excluding hydrogens is 220 g/mol. The lowest BCUT2D eigenvalue weighted by molar-refractivity contribution is 0.372. The smallest absolute Gasteiger partial charge is 0.0323 e. The molecule has 1 aromatic rings. The van der Waals surface area contributed by atoms with Crippen LogP contribution in [-0.2, 0) is 0 Å². The summed E-state index contributed by atoms with van der Waals surface area (Å²) >= 11 is 0. The third-order valence-corrected chi connectivity index (χ3v) is 3.88. The number of hydrogen-bond donors (Lipinski definition) is 1. The van der Waals surface area contributed by atoms with E-state index in [1.54, 1.807) is 0 Å². The molecule has 18 heavy (non-hydrogen) atoms. The van der Waals surface area contributed by atoms with Crippen LogP contribution in [0.15, 0.2) is 30.3 Å². The van der Waals surface area contributed by atoms with Gasteiger partial charge in [-0.2, -0.15) is 0 Å². The van der Waals surface area contributed by atoms with Crippen molar-refractivity contribution in [1.82, 2.24) is 10.2 Å². The average molecular weight is 246 g/mol. The molecule has 100 valence electrons. The van der Waals surface area contributed by atoms with Crippen LogP contribution in [0.3, 0.4) is 0 Å². The Morgan fingerprint density at radius 3 is 2.72 bits per heavy atom. The lowest BCUT2D eigenvalue weighted by atomic mass is 10.00. The van der Waals surface area contributed by atoms with Gasteiger partial charge in [0.05, 0.1) is 0 Å². The molecule has 0 aromatic heterocycles. The molecule has 0 spiro atoms. The van der Waals surface area contributed by atoms with E-state index in [1.807, 2.05) is 0 Å². The van der Waals surface area contributed by atoms with Crippen LogP contribution in [0.1, 0.15) is 44.2 Å². The van der Waals surface area contributed by atoms with Crippen molar-refractivity contribution in [2.45, 2.75) is 44.7 Å². The van der Waals surface area contributed by atoms with Gasteiger partial charge in [0.25, 0.3) is 0 Å². The molecule has 2 unspecified atom stereocenters. The van der Waals surface area contributed by atoms with Crippen LogP contribution in [0.2, 0.25) is 0 Å². The van der Waals surface area contributed by atoms with Gasteiger partial charge < -0.3 is 10.2 Å². The fourth-order valence-corrected chi connectivity index (χ4v) is 2.80. The number of nitrogens with one attached hydrogen (secondary N) is 1. The van der Waals surface area contributed by atoms with Crippen LogP contribution in [0.25, 0.3) is 0 Å². The second-order valence-electron chi connectivity index (χ2n) is 5.52. The van der Waals surface area contributed by atoms with Crippen molar-refractivity contribution in [2.75, 3.05) is 20.1 Å². The van der Waals surface area contributed by atoms with Gasteiger partial charge >= 0.3 is 0 Å². The lowest BCUT2D eigenvalue weighted by Crippen LogP contribution is -2.34. The predicted molar refractivity (Wildman–Crippen MR) is 77.7 cm³/mol. The maximum atomic E-state index is 3.86. The van der Waals surface area contributed by atoms with Crippen LogP contribution >= 0.6 is 0 Å². The minimum atomic E-state index is 0.530. The summed E-state index contributed by atoms with van der Waals surface area (Å²) in [7, 11) is 2.21. The minimum Gasteiger partial charge on any atom is -0.306 e. The highest BCUT2D eigenvalue weighted by atomic mass is 15.2. The maximum absolute atomic E-state index is 3.86. The second kappa shape index (κ2) is 6.91. The molecular formula is C16H26N2. The fraction of sp³-hybridized carbons (Fsp3) is 0.625. The molecule has 0 saturated carbocycles. The molecule has 2 rings (SSSR count). The van der Waals surface area contributed by atoms with Crippen molar-refractivity contribution in [3.8, 4) is 0 Å². The van der Waals surface area contributed by atoms with Crippen molar-refractivity contribution < 1.29 is 0 Å². The van der Waals surface area contributed by atoms with E-state index in [4.69, 9.17) is 0 Å². The summed E-state index contributed by atoms with van der Waals surface area (Å²) in [5.74, 6) is 0. The van der Waals surface area contributed by atoms with Gasteiger partial charge in [-0.15, -0.1) is 0 Å². The Labute approximate surface area is 111 Å². The van der Waals surface area contributed by atoms with E-state index in [2.05, 4.69) is 54.5 Å². The molecule has 1 aromatic carbocycles. The van der Waals surface area contributed by atoms with Crippen molar-refractivity contribution >= 4 is 0 Å². The summed E-state index contributed by atoms with van der Waals surface area (Å²) < 4.78 is 0. The van der Waals surface area contributed by atoms with Crippen molar-refractivity contribution in [3.05, 3.63) is 35.9 Å². The Balaban J connectivity index is 1.96. The molecule has 1 fully saturated rings. The Morgan fingerprint density at radius 2 is 2.11 bits per heavy atom. The zero-order chi connectivity index (χ0) is 12.8. The average Bonchev–Trinajstić information content (AvgIpc) is 2.81. The molecule has 0 aliphatic carbocycles. The van der Waals surface area contributed by atoms with Gasteiger partial charge in [-0.1, -0.05) is 50.1 Å². The Hall–Kier alpha value is -0.860. The van der Waals surface area contributed by atoms with Gasteiger partial charge in [0.15, 0.2) is 0 Å². The first-order valence-corrected chi connectivity index (χ1v) is 7.29. The number of unbranched alkanes of at least 4 members (excludes halogenated alkanes) is 1. The first-order valence-electron chi connectivity index (χ1n) is 7.29. The molecule has 0 amide bonds. The third-order valence-electron chi connectivity index (χ3n) is 3.88. The van der Waals surface area contributed by atoms with Crippen molar-refractivity contribution in [3.63, 3.8) is 0 Å². The van der Waals surface area contributed by atoms with Crippen LogP contribution in [0.5, 0.6) is 0 Å². The zero-order valence-corrected chi connectivity index (χ0v) is 11.7. The van der Waals surface area contributed by atoms with Gasteiger partial charge in [-0.05, 0) is 32.0 Å². The number of likely N-dealkylation sites (N-methyl/N-ethyl adjacent to an activating group) is 1. The fourth-order valence-electron chi connectivity index (χ4n) is 2.80. The maximum Gasteiger partial charge on any atom is 0.0323 e. The Morgan fingerprint density at radius 1 is 1.33 bits per heavy atom. The van der Waals surface area contributed by atoms with Crippen molar-refractivity contribution in [1.29, 1.82) is 0 Å². The molecule has 2 heteroatoms. The molecule has 1 saturated heterocycles. The first kappa shape index (κ1) is 13.6. The summed E-state index contributed by atoms with van der Waals surface area (Å²) in [6, 6.07) is 12.1. The molecule has 2 atom stereocenters. The van der Waals surface area contributed by atoms with E-state index in [1.165, 1.54) is 44.3 Å². The summed E-state index contributed by atoms with van der Waals surface area (Å²) in [4.78, 5) is 2.42. The standard InChI is InChI=1S/C16H26N2/c1-3-4-10-16(14-8-6-5-7-9-14)17-15-11-12-18(2)13-15/h5-9,15-17H,3-4,10-13H2,1-2H3. The van der Waals surface area contributed by atoms with Gasteiger partial charge in [0.2, 0.25) is 0 Å². The highest BCUT2D eigenvalue weighted by molar-refractivity contribution is 5.19. The third kappa shape index (κ3) is 3.82. The molecule has 1 heterocycles. The summed E-state index contributed by atoms with van der Waals surface area (Å²) in [6.07, 6.45) is 5.11. The summed E-state index contributed by atoms with van der Waals surface area (Å²) in [5, 5.41) is 3.86. The van der Waals surface area contributed by atoms with Crippen molar-refractivity contribution in [2.24, 2.45) is 0 Å². The number of likely N-dealkylation sites (tertiary alicyclic amines) is 1. The van der Waals surface area contributed by atoms with Gasteiger partial charge in [-0.25, -0.2) is 0 Å². The zero-order valence-electron chi connectivity index (χ0n) is 11.7. The topological polar surface area (TPSA) is 15.3 Å². The van der Waals surface area contributed by atoms with E-state index >= 15 is 0 Å². The molecule has 0 bridgehead atoms. The van der Waals surface area contributed by atoms with E-state index in [9.17, 15) is 0 Å². The SMILES string of the molecule is CCCCC(NC1CCN(C)C1)c1ccccc1. The highest BCUT2D eigenvalue weighted by Crippen LogP contribution is 2.21. The highest BCUT2D eigenvalue weighted by Gasteiger charge is 2.22. The number of rotatable bonds is 6. The number of hydrogen-bond acceptors (Lipinski definition) is 2. The van der Waals surface area contributed by atoms with Gasteiger partial charge in [-0.3, -0.25) is 0 Å². The quantitative estimate of drug-likeness (QED) is 0.829. The number of nitrogens with zero attached hydrogens (tertiary/aromatic N) is 1. The van der Waals surface area contributed by atoms with Crippen LogP contribution in [0.4, 0.5) is 0 Å². The Bertz CT molecular complexity index is 336. The summed E-state index contributed by atoms with van der Waals surface area (Å²) in [5.41, 5.74) is 1.44. The molecule has 1 N–H and O–H groups in total. The van der Waals surface area contributed by atoms with E-state index < -0.39 is 0 Å². The Kier molecular flexibility index (Phi) is 5.21. The van der Waals surface area contributed by atoms with E-state index in [0.29, 0.717) is 12.1 Å². The molecule has 0 radical (unpaired) electrons. The predicted octanol–water partition coefficient (Wildman–Crippen LogP) is 3.21. The van der Waals surface area contributed by atoms with E-state index in [0.717, 1.165) is 0 Å². The minimum absolute atomic E-state index is 0.530. The second-order valence-corrected chi connectivity index (χ2v) is 5.52. The lowest BCUT2D eigenvalue weighted by Gasteiger charge is -2.23. The molecule has 1 aliphatic heterocycles. The van der Waals surface area contributed by atoms with Crippen LogP contribution < -0.4 is 5.32 Å². The van der Waals surface area contributed by atoms with E-state index in [-0.39, 0.29) is 0 Å². The first-order chi connectivity index (χ1) is 8.79. The van der Waals surface area contributed by atoms with Gasteiger partial charge in [0.1, 0.15) is 0 Å². The summed E-state index contributed by atoms with van der Waals surface area (Å²) in [6.45, 7) is 4.69. The van der Waals surface area contributed by atoms with Crippen LogP contribution in [-0.4, -0.2) is 31.1 Å².